The molecule has 3 heterocycles. The molecule has 0 radical (unpaired) electrons. The molecule has 1 saturated heterocycles. The molecule has 7 nitrogen and oxygen atoms in total. The van der Waals surface area contributed by atoms with Crippen molar-refractivity contribution in [1.82, 2.24) is 14.8 Å². The van der Waals surface area contributed by atoms with Crippen LogP contribution in [0.2, 0.25) is 0 Å². The lowest BCUT2D eigenvalue weighted by molar-refractivity contribution is -0.140. The minimum Gasteiger partial charge on any atom is -0.459 e. The number of carbonyl (C=O) groups excluding carboxylic acids is 2. The van der Waals surface area contributed by atoms with Gasteiger partial charge in [0.2, 0.25) is 0 Å². The second-order valence-electron chi connectivity index (χ2n) is 11.3. The summed E-state index contributed by atoms with van der Waals surface area (Å²) >= 11 is 0. The Labute approximate surface area is 240 Å². The van der Waals surface area contributed by atoms with E-state index in [1.807, 2.05) is 38.1 Å². The predicted octanol–water partition coefficient (Wildman–Crippen LogP) is 5.33. The standard InChI is InChI=1S/C31H36FN3O4.ClH/c1-20(2)39-30(37)25-18-35(19-31(3,4)27-24-10-9-23(32)17-26(24)33-28(25)27)29(36)22-7-5-21(6-8-22)11-12-34-13-15-38-16-14-34;/h5-10,17-18,20,33H,11-16,19H2,1-4H3;1H. The van der Waals surface area contributed by atoms with Gasteiger partial charge in [-0.15, -0.1) is 12.4 Å². The number of halogens is 2. The molecule has 0 atom stereocenters. The summed E-state index contributed by atoms with van der Waals surface area (Å²) < 4.78 is 25.0. The number of ether oxygens (including phenoxy) is 2. The molecule has 3 aromatic rings. The maximum atomic E-state index is 14.0. The zero-order chi connectivity index (χ0) is 27.7. The Morgan fingerprint density at radius 2 is 1.80 bits per heavy atom. The number of aromatic nitrogens is 1. The van der Waals surface area contributed by atoms with E-state index in [1.54, 1.807) is 31.0 Å². The van der Waals surface area contributed by atoms with Gasteiger partial charge >= 0.3 is 5.97 Å². The average Bonchev–Trinajstić information content (AvgIpc) is 3.23. The van der Waals surface area contributed by atoms with Gasteiger partial charge in [0, 0.05) is 54.3 Å². The Bertz CT molecular complexity index is 1410. The predicted molar refractivity (Wildman–Crippen MR) is 156 cm³/mol. The summed E-state index contributed by atoms with van der Waals surface area (Å²) in [5.41, 5.74) is 3.43. The van der Waals surface area contributed by atoms with E-state index in [0.29, 0.717) is 23.3 Å². The summed E-state index contributed by atoms with van der Waals surface area (Å²) in [4.78, 5) is 34.3. The van der Waals surface area contributed by atoms with Gasteiger partial charge in [-0.1, -0.05) is 26.0 Å². The second-order valence-corrected chi connectivity index (χ2v) is 11.3. The van der Waals surface area contributed by atoms with Gasteiger partial charge in [-0.25, -0.2) is 9.18 Å². The zero-order valence-corrected chi connectivity index (χ0v) is 24.3. The van der Waals surface area contributed by atoms with Gasteiger partial charge in [-0.2, -0.15) is 0 Å². The summed E-state index contributed by atoms with van der Waals surface area (Å²) in [5.74, 6) is -1.09. The molecule has 0 aliphatic carbocycles. The van der Waals surface area contributed by atoms with Crippen LogP contribution in [0.25, 0.3) is 16.5 Å². The molecule has 1 N–H and O–H groups in total. The molecule has 0 saturated carbocycles. The number of morpholine rings is 1. The number of fused-ring (bicyclic) bond motifs is 3. The van der Waals surface area contributed by atoms with Gasteiger partial charge in [-0.3, -0.25) is 9.69 Å². The number of aromatic amines is 1. The molecule has 0 spiro atoms. The molecular weight excluding hydrogens is 533 g/mol. The fourth-order valence-corrected chi connectivity index (χ4v) is 5.50. The Balaban J connectivity index is 0.00000370. The zero-order valence-electron chi connectivity index (χ0n) is 23.5. The normalized spacial score (nSPS) is 17.1. The topological polar surface area (TPSA) is 74.9 Å². The molecule has 0 unspecified atom stereocenters. The van der Waals surface area contributed by atoms with Gasteiger partial charge in [0.1, 0.15) is 5.82 Å². The first kappa shape index (κ1) is 29.8. The van der Waals surface area contributed by atoms with Crippen LogP contribution < -0.4 is 0 Å². The highest BCUT2D eigenvalue weighted by molar-refractivity contribution is 6.18. The van der Waals surface area contributed by atoms with Crippen molar-refractivity contribution in [2.45, 2.75) is 45.6 Å². The molecule has 2 aromatic carbocycles. The maximum absolute atomic E-state index is 14.0. The minimum absolute atomic E-state index is 0. The Morgan fingerprint density at radius 1 is 1.10 bits per heavy atom. The highest BCUT2D eigenvalue weighted by Gasteiger charge is 2.37. The minimum atomic E-state index is -0.546. The largest absolute Gasteiger partial charge is 0.459 e. The summed E-state index contributed by atoms with van der Waals surface area (Å²) in [7, 11) is 0. The lowest BCUT2D eigenvalue weighted by Crippen LogP contribution is -2.37. The van der Waals surface area contributed by atoms with Crippen molar-refractivity contribution in [1.29, 1.82) is 0 Å². The molecule has 9 heteroatoms. The van der Waals surface area contributed by atoms with Crippen LogP contribution in [0.3, 0.4) is 0 Å². The van der Waals surface area contributed by atoms with Crippen molar-refractivity contribution in [3.05, 3.63) is 76.9 Å². The first-order valence-corrected chi connectivity index (χ1v) is 13.6. The number of carbonyl (C=O) groups is 2. The molecule has 1 amide bonds. The number of nitrogens with one attached hydrogen (secondary N) is 1. The molecule has 1 aromatic heterocycles. The third kappa shape index (κ3) is 6.24. The third-order valence-electron chi connectivity index (χ3n) is 7.40. The average molecular weight is 570 g/mol. The van der Waals surface area contributed by atoms with Crippen molar-refractivity contribution in [3.63, 3.8) is 0 Å². The lowest BCUT2D eigenvalue weighted by Gasteiger charge is -2.29. The van der Waals surface area contributed by atoms with Crippen LogP contribution in [0.15, 0.2) is 48.7 Å². The highest BCUT2D eigenvalue weighted by atomic mass is 35.5. The van der Waals surface area contributed by atoms with Gasteiger partial charge in [0.25, 0.3) is 5.91 Å². The molecule has 1 fully saturated rings. The van der Waals surface area contributed by atoms with Crippen LogP contribution in [0.5, 0.6) is 0 Å². The van der Waals surface area contributed by atoms with Crippen LogP contribution in [-0.2, 0) is 26.1 Å². The van der Waals surface area contributed by atoms with Crippen LogP contribution in [-0.4, -0.2) is 72.2 Å². The fourth-order valence-electron chi connectivity index (χ4n) is 5.50. The monoisotopic (exact) mass is 569 g/mol. The van der Waals surface area contributed by atoms with Crippen LogP contribution >= 0.6 is 12.4 Å². The number of amides is 1. The van der Waals surface area contributed by atoms with E-state index >= 15 is 0 Å². The fraction of sp³-hybridized carbons (Fsp3) is 0.419. The number of esters is 1. The Morgan fingerprint density at radius 3 is 2.48 bits per heavy atom. The van der Waals surface area contributed by atoms with Gasteiger partial charge in [-0.05, 0) is 61.7 Å². The van der Waals surface area contributed by atoms with E-state index < -0.39 is 11.4 Å². The van der Waals surface area contributed by atoms with Crippen LogP contribution in [0, 0.1) is 5.82 Å². The lowest BCUT2D eigenvalue weighted by atomic mass is 9.81. The van der Waals surface area contributed by atoms with Gasteiger partial charge in [0.05, 0.1) is 30.6 Å². The summed E-state index contributed by atoms with van der Waals surface area (Å²) in [6.07, 6.45) is 2.14. The number of hydrogen-bond donors (Lipinski definition) is 1. The van der Waals surface area contributed by atoms with Crippen LogP contribution in [0.4, 0.5) is 4.39 Å². The van der Waals surface area contributed by atoms with Crippen molar-refractivity contribution < 1.29 is 23.5 Å². The Kier molecular flexibility index (Phi) is 9.02. The molecule has 5 rings (SSSR count). The summed E-state index contributed by atoms with van der Waals surface area (Å²) in [5, 5.41) is 0.818. The number of benzene rings is 2. The highest BCUT2D eigenvalue weighted by Crippen LogP contribution is 2.40. The van der Waals surface area contributed by atoms with Crippen molar-refractivity contribution in [2.24, 2.45) is 0 Å². The van der Waals surface area contributed by atoms with Crippen molar-refractivity contribution >= 4 is 40.8 Å². The van der Waals surface area contributed by atoms with Crippen molar-refractivity contribution in [3.8, 4) is 0 Å². The molecule has 2 aliphatic heterocycles. The van der Waals surface area contributed by atoms with E-state index in [9.17, 15) is 14.0 Å². The maximum Gasteiger partial charge on any atom is 0.342 e. The molecule has 40 heavy (non-hydrogen) atoms. The van der Waals surface area contributed by atoms with Gasteiger partial charge < -0.3 is 19.4 Å². The van der Waals surface area contributed by atoms with E-state index in [0.717, 1.165) is 50.2 Å². The number of hydrogen-bond acceptors (Lipinski definition) is 5. The molecule has 214 valence electrons. The first-order chi connectivity index (χ1) is 18.6. The van der Waals surface area contributed by atoms with Crippen LogP contribution in [0.1, 0.15) is 54.9 Å². The van der Waals surface area contributed by atoms with Gasteiger partial charge in [0.15, 0.2) is 0 Å². The van der Waals surface area contributed by atoms with Crippen molar-refractivity contribution in [2.75, 3.05) is 39.4 Å². The molecular formula is C31H37ClFN3O4. The second kappa shape index (κ2) is 12.1. The number of rotatable bonds is 6. The van der Waals surface area contributed by atoms with E-state index in [-0.39, 0.29) is 35.8 Å². The van der Waals surface area contributed by atoms with E-state index in [2.05, 4.69) is 9.88 Å². The van der Waals surface area contributed by atoms with E-state index in [4.69, 9.17) is 9.47 Å². The summed E-state index contributed by atoms with van der Waals surface area (Å²) in [6, 6.07) is 12.3. The molecule has 2 aliphatic rings. The number of H-pyrrole nitrogens is 1. The SMILES string of the molecule is CC(C)OC(=O)C1=CN(C(=O)c2ccc(CCN3CCOCC3)cc2)CC(C)(C)c2c1[nH]c1cc(F)ccc21.Cl. The smallest absolute Gasteiger partial charge is 0.342 e. The quantitative estimate of drug-likeness (QED) is 0.406. The molecule has 0 bridgehead atoms. The third-order valence-corrected chi connectivity index (χ3v) is 7.40. The first-order valence-electron chi connectivity index (χ1n) is 13.6. The van der Waals surface area contributed by atoms with E-state index in [1.165, 1.54) is 17.7 Å². The Hall–Kier alpha value is -3.20. The number of nitrogens with zero attached hydrogens (tertiary/aromatic N) is 2. The summed E-state index contributed by atoms with van der Waals surface area (Å²) in [6.45, 7) is 12.4.